The molecule has 6 rings (SSSR count). The van der Waals surface area contributed by atoms with Gasteiger partial charge in [0.05, 0.1) is 19.9 Å². The van der Waals surface area contributed by atoms with Gasteiger partial charge in [-0.3, -0.25) is 30.2 Å². The largest absolute Gasteiger partial charge is 0.463 e. The topological polar surface area (TPSA) is 292 Å². The number of nitrogens with one attached hydrogen (secondary N) is 10. The Morgan fingerprint density at radius 1 is 0.529 bits per heavy atom. The minimum absolute atomic E-state index is 0.00654. The van der Waals surface area contributed by atoms with E-state index in [4.69, 9.17) is 9.47 Å². The summed E-state index contributed by atoms with van der Waals surface area (Å²) in [6.45, 7) is 18.9. The van der Waals surface area contributed by atoms with Crippen molar-refractivity contribution in [2.24, 2.45) is 21.7 Å². The highest BCUT2D eigenvalue weighted by Gasteiger charge is 2.43. The van der Waals surface area contributed by atoms with Crippen LogP contribution in [0.15, 0.2) is 82.4 Å². The Hall–Kier alpha value is -7.81. The van der Waals surface area contributed by atoms with Gasteiger partial charge in [0.2, 0.25) is 11.9 Å². The van der Waals surface area contributed by atoms with E-state index in [1.807, 2.05) is 36.4 Å². The number of aromatic nitrogens is 4. The molecule has 2 aromatic heterocycles. The molecule has 4 unspecified atom stereocenters. The summed E-state index contributed by atoms with van der Waals surface area (Å²) >= 11 is 0. The van der Waals surface area contributed by atoms with Gasteiger partial charge >= 0.3 is 30.0 Å². The molecule has 6 amide bonds. The number of urea groups is 3. The highest BCUT2D eigenvalue weighted by molar-refractivity contribution is 5.91. The highest BCUT2D eigenvalue weighted by atomic mass is 16.5. The summed E-state index contributed by atoms with van der Waals surface area (Å²) in [5.74, 6) is -0.256. The molecule has 21 nitrogen and oxygen atoms in total. The monoisotopic (exact) mass is 1200 g/mol. The Labute approximate surface area is 513 Å². The number of hydrogen-bond donors (Lipinski definition) is 10. The maximum Gasteiger partial charge on any atom is 0.330 e. The standard InChI is InChI=1S/C66H96N12O9/c1-46-35-54(79)76-58(70-46)69-45-67-43-65(7)39-52(37-63(3,4)41-65)74-61(84)72-50-27-21-48(22-28-50)25-31-56(81)86-33-19-17-15-13-11-9-10-12-14-16-18-20-34-87-57(82)32-26-49-23-29-51(30-24-49)73-62(85)75-53-38-64(5,6)42-66(8,40-53)44-68-60(83)78-59-71-47(2)36-55(80)77-59/h21-32,35-36,52-53,67H,9-20,33-34,37-45H2,1-8H3,(H2,72,74,84)(H2,73,75,85)(H2,69,70,76,79)(H3,68,71,77,78,80,83)/b31-25+,32-26+. The summed E-state index contributed by atoms with van der Waals surface area (Å²) in [5, 5.41) is 24.3. The van der Waals surface area contributed by atoms with Crippen molar-refractivity contribution in [3.8, 4) is 0 Å². The number of aryl methyl sites for hydroxylation is 2. The van der Waals surface area contributed by atoms with Gasteiger partial charge < -0.3 is 41.4 Å². The molecule has 2 heterocycles. The molecule has 0 bridgehead atoms. The molecular formula is C66H96N12O9. The molecular weight excluding hydrogens is 1100 g/mol. The molecule has 4 aromatic rings. The third kappa shape index (κ3) is 26.4. The van der Waals surface area contributed by atoms with E-state index in [2.05, 4.69) is 104 Å². The lowest BCUT2D eigenvalue weighted by Gasteiger charge is -2.47. The van der Waals surface area contributed by atoms with Gasteiger partial charge in [-0.05, 0) is 134 Å². The summed E-state index contributed by atoms with van der Waals surface area (Å²) in [6, 6.07) is 16.1. The number of amides is 6. The third-order valence-electron chi connectivity index (χ3n) is 15.8. The van der Waals surface area contributed by atoms with Crippen molar-refractivity contribution in [2.45, 2.75) is 183 Å². The molecule has 2 aromatic carbocycles. The van der Waals surface area contributed by atoms with Crippen molar-refractivity contribution >= 4 is 65.5 Å². The van der Waals surface area contributed by atoms with E-state index in [-0.39, 0.29) is 74.8 Å². The average Bonchev–Trinajstić information content (AvgIpc) is 1.75. The van der Waals surface area contributed by atoms with Crippen molar-refractivity contribution in [1.82, 2.24) is 41.2 Å². The molecule has 474 valence electrons. The Kier molecular flexibility index (Phi) is 26.2. The van der Waals surface area contributed by atoms with Gasteiger partial charge in [0.1, 0.15) is 0 Å². The number of esters is 2. The van der Waals surface area contributed by atoms with Crippen molar-refractivity contribution in [3.63, 3.8) is 0 Å². The molecule has 0 radical (unpaired) electrons. The van der Waals surface area contributed by atoms with Gasteiger partial charge in [-0.1, -0.05) is 130 Å². The number of aromatic amines is 2. The molecule has 10 N–H and O–H groups in total. The zero-order valence-corrected chi connectivity index (χ0v) is 52.6. The SMILES string of the molecule is Cc1cc(=O)[nH]c(NCNCC2(C)CC(NC(=O)Nc3ccc(/C=C/C(=O)OCCCCCCCCCCCCCCOC(=O)/C=C/c4ccc(NC(=O)NC5CC(C)(C)CC(C)(CNC(=O)Nc6nc(C)cc(=O)[nH]6)C5)cc4)cc3)CC(C)(C)C2)n1. The predicted octanol–water partition coefficient (Wildman–Crippen LogP) is 11.9. The van der Waals surface area contributed by atoms with E-state index < -0.39 is 6.03 Å². The van der Waals surface area contributed by atoms with E-state index in [1.165, 1.54) is 62.8 Å². The van der Waals surface area contributed by atoms with Crippen LogP contribution >= 0.6 is 0 Å². The zero-order chi connectivity index (χ0) is 62.9. The number of rotatable bonds is 31. The number of benzene rings is 2. The number of carbonyl (C=O) groups is 5. The number of carbonyl (C=O) groups excluding carboxylic acids is 5. The van der Waals surface area contributed by atoms with Gasteiger partial charge in [0.15, 0.2) is 0 Å². The molecule has 4 atom stereocenters. The van der Waals surface area contributed by atoms with Gasteiger partial charge in [-0.25, -0.2) is 33.9 Å². The summed E-state index contributed by atoms with van der Waals surface area (Å²) < 4.78 is 10.9. The average molecular weight is 1200 g/mol. The summed E-state index contributed by atoms with van der Waals surface area (Å²) in [6.07, 6.45) is 24.3. The first-order chi connectivity index (χ1) is 41.4. The van der Waals surface area contributed by atoms with Crippen molar-refractivity contribution < 1.29 is 33.4 Å². The molecule has 0 aliphatic heterocycles. The highest BCUT2D eigenvalue weighted by Crippen LogP contribution is 2.47. The number of nitrogens with zero attached hydrogens (tertiary/aromatic N) is 2. The number of unbranched alkanes of at least 4 members (excludes halogenated alkanes) is 11. The molecule has 2 fully saturated rings. The Morgan fingerprint density at radius 2 is 0.931 bits per heavy atom. The van der Waals surface area contributed by atoms with Crippen LogP contribution in [0.25, 0.3) is 12.2 Å². The van der Waals surface area contributed by atoms with E-state index >= 15 is 0 Å². The summed E-state index contributed by atoms with van der Waals surface area (Å²) in [4.78, 5) is 101. The van der Waals surface area contributed by atoms with Crippen LogP contribution in [0.5, 0.6) is 0 Å². The minimum Gasteiger partial charge on any atom is -0.463 e. The minimum atomic E-state index is -0.472. The van der Waals surface area contributed by atoms with Crippen LogP contribution in [0.1, 0.15) is 180 Å². The van der Waals surface area contributed by atoms with Crippen LogP contribution in [-0.2, 0) is 19.1 Å². The van der Waals surface area contributed by atoms with Crippen LogP contribution in [0, 0.1) is 35.5 Å². The molecule has 2 saturated carbocycles. The number of H-pyrrole nitrogens is 2. The van der Waals surface area contributed by atoms with Crippen molar-refractivity contribution in [2.75, 3.05) is 54.2 Å². The van der Waals surface area contributed by atoms with Gasteiger partial charge in [-0.15, -0.1) is 0 Å². The van der Waals surface area contributed by atoms with Gasteiger partial charge in [0.25, 0.3) is 11.1 Å². The normalized spacial score (nSPS) is 19.6. The number of hydrogen-bond acceptors (Lipinski definition) is 13. The third-order valence-corrected chi connectivity index (χ3v) is 15.8. The van der Waals surface area contributed by atoms with E-state index in [9.17, 15) is 33.6 Å². The second-order valence-corrected chi connectivity index (χ2v) is 26.3. The summed E-state index contributed by atoms with van der Waals surface area (Å²) in [7, 11) is 0. The first-order valence-electron chi connectivity index (χ1n) is 31.1. The van der Waals surface area contributed by atoms with Crippen LogP contribution in [0.3, 0.4) is 0 Å². The lowest BCUT2D eigenvalue weighted by Crippen LogP contribution is -2.51. The molecule has 0 spiro atoms. The lowest BCUT2D eigenvalue weighted by molar-refractivity contribution is -0.138. The maximum atomic E-state index is 13.1. The van der Waals surface area contributed by atoms with Crippen LogP contribution in [0.4, 0.5) is 37.7 Å². The fraction of sp³-hybridized carbons (Fsp3) is 0.561. The fourth-order valence-electron chi connectivity index (χ4n) is 12.8. The van der Waals surface area contributed by atoms with Gasteiger partial charge in [-0.2, -0.15) is 0 Å². The molecule has 2 aliphatic carbocycles. The molecule has 21 heteroatoms. The van der Waals surface area contributed by atoms with Crippen molar-refractivity contribution in [3.05, 3.63) is 116 Å². The molecule has 87 heavy (non-hydrogen) atoms. The number of ether oxygens (including phenoxy) is 2. The van der Waals surface area contributed by atoms with E-state index in [0.717, 1.165) is 88.3 Å². The Morgan fingerprint density at radius 3 is 1.37 bits per heavy atom. The van der Waals surface area contributed by atoms with Crippen molar-refractivity contribution in [1.29, 1.82) is 0 Å². The molecule has 2 aliphatic rings. The zero-order valence-electron chi connectivity index (χ0n) is 52.6. The Bertz CT molecular complexity index is 3070. The lowest BCUT2D eigenvalue weighted by atomic mass is 9.62. The second-order valence-electron chi connectivity index (χ2n) is 26.3. The van der Waals surface area contributed by atoms with Crippen LogP contribution in [0.2, 0.25) is 0 Å². The predicted molar refractivity (Wildman–Crippen MR) is 344 cm³/mol. The fourth-order valence-corrected chi connectivity index (χ4v) is 12.8. The van der Waals surface area contributed by atoms with E-state index in [0.29, 0.717) is 61.6 Å². The first kappa shape index (κ1) is 68.3. The Balaban J connectivity index is 0.723. The smallest absolute Gasteiger partial charge is 0.330 e. The quantitative estimate of drug-likeness (QED) is 0.00972. The number of anilines is 4. The van der Waals surface area contributed by atoms with Gasteiger partial charge in [0, 0.05) is 72.2 Å². The van der Waals surface area contributed by atoms with E-state index in [1.54, 1.807) is 38.1 Å². The summed E-state index contributed by atoms with van der Waals surface area (Å²) in [5.41, 5.74) is 3.07. The van der Waals surface area contributed by atoms with Crippen LogP contribution in [-0.4, -0.2) is 95.0 Å². The maximum absolute atomic E-state index is 13.1. The molecule has 0 saturated heterocycles. The first-order valence-corrected chi connectivity index (χ1v) is 31.1. The second kappa shape index (κ2) is 33.4. The van der Waals surface area contributed by atoms with Crippen LogP contribution < -0.4 is 53.7 Å².